The topological polar surface area (TPSA) is 71.0 Å². The summed E-state index contributed by atoms with van der Waals surface area (Å²) in [5, 5.41) is 14.9. The molecule has 6 nitrogen and oxygen atoms in total. The van der Waals surface area contributed by atoms with E-state index in [1.54, 1.807) is 7.11 Å². The second-order valence-electron chi connectivity index (χ2n) is 11.1. The van der Waals surface area contributed by atoms with Crippen molar-refractivity contribution in [2.45, 2.75) is 82.3 Å². The van der Waals surface area contributed by atoms with Gasteiger partial charge in [-0.05, 0) is 62.1 Å². The molecule has 1 amide bonds. The second kappa shape index (κ2) is 10.6. The maximum absolute atomic E-state index is 13.9. The molecule has 2 aliphatic heterocycles. The van der Waals surface area contributed by atoms with Crippen LogP contribution in [-0.2, 0) is 26.0 Å². The minimum absolute atomic E-state index is 0.00784. The molecule has 2 N–H and O–H groups in total. The van der Waals surface area contributed by atoms with Crippen LogP contribution in [-0.4, -0.2) is 67.5 Å². The molecule has 1 aromatic rings. The van der Waals surface area contributed by atoms with E-state index >= 15 is 0 Å². The zero-order chi connectivity index (χ0) is 26.1. The van der Waals surface area contributed by atoms with Crippen molar-refractivity contribution in [1.82, 2.24) is 10.2 Å². The number of nitrogens with zero attached hydrogens (tertiary/aromatic N) is 1. The molecule has 4 rings (SSSR count). The lowest BCUT2D eigenvalue weighted by atomic mass is 9.73. The minimum Gasteiger partial charge on any atom is -0.385 e. The molecule has 9 heteroatoms. The molecule has 202 valence electrons. The monoisotopic (exact) mass is 512 g/mol. The third-order valence-electron chi connectivity index (χ3n) is 8.76. The molecule has 0 spiro atoms. The highest BCUT2D eigenvalue weighted by Crippen LogP contribution is 2.47. The van der Waals surface area contributed by atoms with Gasteiger partial charge in [0.05, 0.1) is 29.3 Å². The predicted octanol–water partition coefficient (Wildman–Crippen LogP) is 4.10. The largest absolute Gasteiger partial charge is 0.416 e. The van der Waals surface area contributed by atoms with E-state index in [9.17, 15) is 23.1 Å². The van der Waals surface area contributed by atoms with Gasteiger partial charge in [-0.1, -0.05) is 26.0 Å². The van der Waals surface area contributed by atoms with Crippen molar-refractivity contribution in [1.29, 1.82) is 0 Å². The number of rotatable bonds is 6. The lowest BCUT2D eigenvalue weighted by Crippen LogP contribution is -2.53. The molecule has 0 bridgehead atoms. The average molecular weight is 513 g/mol. The number of carbonyl (C=O) groups excluding carboxylic acids is 1. The van der Waals surface area contributed by atoms with Crippen LogP contribution in [0.5, 0.6) is 0 Å². The minimum atomic E-state index is -4.41. The predicted molar refractivity (Wildman–Crippen MR) is 129 cm³/mol. The highest BCUT2D eigenvalue weighted by Gasteiger charge is 2.51. The van der Waals surface area contributed by atoms with Crippen molar-refractivity contribution >= 4 is 5.91 Å². The number of nitrogens with one attached hydrogen (secondary N) is 1. The first-order chi connectivity index (χ1) is 17.0. The van der Waals surface area contributed by atoms with Gasteiger partial charge in [-0.3, -0.25) is 4.79 Å². The number of halogens is 3. The van der Waals surface area contributed by atoms with Crippen LogP contribution < -0.4 is 5.32 Å². The van der Waals surface area contributed by atoms with Crippen LogP contribution in [0, 0.1) is 11.3 Å². The van der Waals surface area contributed by atoms with E-state index < -0.39 is 22.8 Å². The van der Waals surface area contributed by atoms with E-state index in [4.69, 9.17) is 9.47 Å². The molecule has 1 aliphatic carbocycles. The normalized spacial score (nSPS) is 31.1. The summed E-state index contributed by atoms with van der Waals surface area (Å²) < 4.78 is 49.9. The zero-order valence-electron chi connectivity index (χ0n) is 21.4. The van der Waals surface area contributed by atoms with Crippen LogP contribution in [0.25, 0.3) is 0 Å². The first-order valence-corrected chi connectivity index (χ1v) is 13.0. The molecule has 4 atom stereocenters. The Kier molecular flexibility index (Phi) is 8.05. The highest BCUT2D eigenvalue weighted by molar-refractivity contribution is 5.83. The van der Waals surface area contributed by atoms with E-state index in [0.717, 1.165) is 37.8 Å². The molecular weight excluding hydrogens is 473 g/mol. The Morgan fingerprint density at radius 3 is 2.42 bits per heavy atom. The van der Waals surface area contributed by atoms with E-state index in [0.29, 0.717) is 44.7 Å². The summed E-state index contributed by atoms with van der Waals surface area (Å²) in [5.74, 6) is 0.298. The summed E-state index contributed by atoms with van der Waals surface area (Å²) in [7, 11) is 1.70. The number of aliphatic hydroxyl groups is 1. The smallest absolute Gasteiger partial charge is 0.385 e. The van der Waals surface area contributed by atoms with Crippen LogP contribution in [0.1, 0.15) is 63.5 Å². The Balaban J connectivity index is 1.39. The molecule has 4 unspecified atom stereocenters. The summed E-state index contributed by atoms with van der Waals surface area (Å²) >= 11 is 0. The van der Waals surface area contributed by atoms with Crippen LogP contribution in [0.4, 0.5) is 13.2 Å². The summed E-state index contributed by atoms with van der Waals surface area (Å²) in [6, 6.07) is 5.17. The molecule has 0 radical (unpaired) electrons. The van der Waals surface area contributed by atoms with Crippen molar-refractivity contribution in [2.75, 3.05) is 33.4 Å². The molecule has 36 heavy (non-hydrogen) atoms. The number of ether oxygens (including phenoxy) is 2. The molecule has 1 saturated carbocycles. The Labute approximate surface area is 211 Å². The van der Waals surface area contributed by atoms with Gasteiger partial charge in [0.15, 0.2) is 0 Å². The summed E-state index contributed by atoms with van der Waals surface area (Å²) in [6.07, 6.45) is -0.430. The molecule has 3 fully saturated rings. The molecule has 1 aromatic carbocycles. The number of hydrogen-bond donors (Lipinski definition) is 2. The quantitative estimate of drug-likeness (QED) is 0.601. The maximum Gasteiger partial charge on any atom is 0.416 e. The van der Waals surface area contributed by atoms with Gasteiger partial charge in [0.25, 0.3) is 0 Å². The first kappa shape index (κ1) is 27.4. The Morgan fingerprint density at radius 1 is 1.17 bits per heavy atom. The number of likely N-dealkylation sites (tertiary alicyclic amines) is 1. The van der Waals surface area contributed by atoms with E-state index in [2.05, 4.69) is 19.2 Å². The van der Waals surface area contributed by atoms with Gasteiger partial charge >= 0.3 is 6.18 Å². The fourth-order valence-corrected chi connectivity index (χ4v) is 6.27. The SMILES string of the molecule is COC1COCCC1NC1CCC(C(=O)N2CCC(O)(c3ccc(C(F)(F)F)cc3)CC2)(C(C)C)C1. The fourth-order valence-electron chi connectivity index (χ4n) is 6.27. The molecule has 2 heterocycles. The zero-order valence-corrected chi connectivity index (χ0v) is 21.4. The van der Waals surface area contributed by atoms with Gasteiger partial charge in [0.1, 0.15) is 0 Å². The third kappa shape index (κ3) is 5.44. The maximum atomic E-state index is 13.9. The second-order valence-corrected chi connectivity index (χ2v) is 11.1. The average Bonchev–Trinajstić information content (AvgIpc) is 3.29. The van der Waals surface area contributed by atoms with Crippen molar-refractivity contribution in [2.24, 2.45) is 11.3 Å². The van der Waals surface area contributed by atoms with Crippen molar-refractivity contribution in [3.63, 3.8) is 0 Å². The van der Waals surface area contributed by atoms with Crippen LogP contribution >= 0.6 is 0 Å². The summed E-state index contributed by atoms with van der Waals surface area (Å²) in [5.41, 5.74) is -1.96. The van der Waals surface area contributed by atoms with E-state index in [-0.39, 0.29) is 30.0 Å². The van der Waals surface area contributed by atoms with Gasteiger partial charge in [-0.25, -0.2) is 0 Å². The number of benzene rings is 1. The highest BCUT2D eigenvalue weighted by atomic mass is 19.4. The van der Waals surface area contributed by atoms with E-state index in [1.807, 2.05) is 4.90 Å². The number of hydrogen-bond acceptors (Lipinski definition) is 5. The molecule has 0 aromatic heterocycles. The Hall–Kier alpha value is -1.68. The number of piperidine rings is 1. The van der Waals surface area contributed by atoms with Crippen LogP contribution in [0.15, 0.2) is 24.3 Å². The summed E-state index contributed by atoms with van der Waals surface area (Å²) in [4.78, 5) is 15.7. The van der Waals surface area contributed by atoms with Gasteiger partial charge in [0.2, 0.25) is 5.91 Å². The van der Waals surface area contributed by atoms with E-state index in [1.165, 1.54) is 12.1 Å². The number of amides is 1. The lowest BCUT2D eigenvalue weighted by Gasteiger charge is -2.43. The van der Waals surface area contributed by atoms with Gasteiger partial charge in [0, 0.05) is 38.9 Å². The van der Waals surface area contributed by atoms with Gasteiger partial charge in [-0.2, -0.15) is 13.2 Å². The van der Waals surface area contributed by atoms with Crippen molar-refractivity contribution in [3.05, 3.63) is 35.4 Å². The van der Waals surface area contributed by atoms with Crippen molar-refractivity contribution < 1.29 is 32.5 Å². The fraction of sp³-hybridized carbons (Fsp3) is 0.741. The molecule has 3 aliphatic rings. The Bertz CT molecular complexity index is 899. The van der Waals surface area contributed by atoms with Crippen LogP contribution in [0.3, 0.4) is 0 Å². The number of methoxy groups -OCH3 is 1. The summed E-state index contributed by atoms with van der Waals surface area (Å²) in [6.45, 7) is 6.26. The lowest BCUT2D eigenvalue weighted by molar-refractivity contribution is -0.149. The van der Waals surface area contributed by atoms with Crippen molar-refractivity contribution in [3.8, 4) is 0 Å². The van der Waals surface area contributed by atoms with Crippen LogP contribution in [0.2, 0.25) is 0 Å². The van der Waals surface area contributed by atoms with Gasteiger partial charge < -0.3 is 24.8 Å². The Morgan fingerprint density at radius 2 is 1.83 bits per heavy atom. The number of carbonyl (C=O) groups is 1. The third-order valence-corrected chi connectivity index (χ3v) is 8.76. The first-order valence-electron chi connectivity index (χ1n) is 13.0. The molecule has 2 saturated heterocycles. The number of alkyl halides is 3. The van der Waals surface area contributed by atoms with Gasteiger partial charge in [-0.15, -0.1) is 0 Å². The standard InChI is InChI=1S/C27H39F3N2O4/c1-18(2)25(10-8-21(16-25)31-22-9-15-36-17-23(22)35-3)24(33)32-13-11-26(34,12-14-32)19-4-6-20(7-5-19)27(28,29)30/h4-7,18,21-23,31,34H,8-17H2,1-3H3. The molecular formula is C27H39F3N2O4.